The molecule has 1 aliphatic carbocycles. The minimum atomic E-state index is 0.979. The summed E-state index contributed by atoms with van der Waals surface area (Å²) in [6, 6.07) is 11.0. The molecule has 94 valence electrons. The molecule has 0 atom stereocenters. The van der Waals surface area contributed by atoms with Crippen LogP contribution in [0.3, 0.4) is 0 Å². The van der Waals surface area contributed by atoms with E-state index < -0.39 is 0 Å². The fourth-order valence-corrected chi connectivity index (χ4v) is 2.62. The van der Waals surface area contributed by atoms with Crippen molar-refractivity contribution < 1.29 is 4.24 Å². The number of fused-ring (bicyclic) bond motifs is 1. The Balaban J connectivity index is 2.22. The Hall–Kier alpha value is -2.15. The summed E-state index contributed by atoms with van der Waals surface area (Å²) in [7, 11) is 0. The van der Waals surface area contributed by atoms with Gasteiger partial charge in [0.05, 0.1) is 0 Å². The van der Waals surface area contributed by atoms with Crippen LogP contribution in [0.4, 0.5) is 0 Å². The average Bonchev–Trinajstić information content (AvgIpc) is 2.47. The molecule has 0 amide bonds. The Morgan fingerprint density at radius 3 is 2.68 bits per heavy atom. The van der Waals surface area contributed by atoms with Gasteiger partial charge in [-0.25, -0.2) is 0 Å². The highest BCUT2D eigenvalue weighted by atomic mass is 14.8. The van der Waals surface area contributed by atoms with Gasteiger partial charge in [-0.15, -0.1) is 0 Å². The quantitative estimate of drug-likeness (QED) is 0.721. The molecule has 1 nitrogen and oxygen atoms in total. The molecule has 0 radical (unpaired) electrons. The molecule has 1 aromatic heterocycles. The first-order valence-corrected chi connectivity index (χ1v) is 6.77. The maximum Gasteiger partial charge on any atom is 0.221 e. The van der Waals surface area contributed by atoms with Crippen LogP contribution in [-0.4, -0.2) is 0 Å². The molecule has 1 heteroatoms. The molecule has 0 saturated heterocycles. The largest absolute Gasteiger partial charge is 0.221 e. The van der Waals surface area contributed by atoms with Crippen LogP contribution in [0.5, 0.6) is 0 Å². The predicted octanol–water partition coefficient (Wildman–Crippen LogP) is 2.74. The number of nitrogens with zero attached hydrogens (tertiary/aromatic N) is 1. The van der Waals surface area contributed by atoms with E-state index in [4.69, 9.17) is 0 Å². The topological polar surface area (TPSA) is 5.90 Å². The van der Waals surface area contributed by atoms with Crippen LogP contribution in [0.2, 0.25) is 0 Å². The molecule has 1 aliphatic rings. The Morgan fingerprint density at radius 2 is 1.95 bits per heavy atom. The number of pyridine rings is 1. The first-order chi connectivity index (χ1) is 9.29. The first-order valence-electron chi connectivity index (χ1n) is 6.77. The van der Waals surface area contributed by atoms with Crippen molar-refractivity contribution in [3.63, 3.8) is 0 Å². The van der Waals surface area contributed by atoms with E-state index in [-0.39, 0.29) is 0 Å². The van der Waals surface area contributed by atoms with Gasteiger partial charge >= 0.3 is 0 Å². The average molecular weight is 248 g/mol. The fourth-order valence-electron chi connectivity index (χ4n) is 2.62. The summed E-state index contributed by atoms with van der Waals surface area (Å²) in [4.78, 5) is 0. The Morgan fingerprint density at radius 1 is 1.16 bits per heavy atom. The van der Waals surface area contributed by atoms with Crippen LogP contribution < -0.4 is 9.46 Å². The monoisotopic (exact) mass is 248 g/mol. The number of benzene rings is 1. The van der Waals surface area contributed by atoms with Crippen molar-refractivity contribution in [3.05, 3.63) is 71.7 Å². The zero-order chi connectivity index (χ0) is 13.2. The van der Waals surface area contributed by atoms with Crippen LogP contribution in [0.15, 0.2) is 48.7 Å². The molecule has 0 bridgehead atoms. The van der Waals surface area contributed by atoms with Crippen molar-refractivity contribution >= 4 is 6.08 Å². The van der Waals surface area contributed by atoms with E-state index in [1.807, 2.05) is 10.4 Å². The second kappa shape index (κ2) is 4.85. The molecule has 1 heterocycles. The smallest absolute Gasteiger partial charge is 0.173 e. The van der Waals surface area contributed by atoms with Crippen LogP contribution in [-0.2, 0) is 12.8 Å². The summed E-state index contributed by atoms with van der Waals surface area (Å²) < 4.78 is 1.98. The minimum absolute atomic E-state index is 0.979. The van der Waals surface area contributed by atoms with Gasteiger partial charge in [0.25, 0.3) is 0 Å². The highest BCUT2D eigenvalue weighted by Crippen LogP contribution is 2.19. The second-order valence-electron chi connectivity index (χ2n) is 4.92. The third-order valence-electron chi connectivity index (χ3n) is 3.73. The maximum absolute atomic E-state index is 4.13. The lowest BCUT2D eigenvalue weighted by Crippen LogP contribution is -2.26. The van der Waals surface area contributed by atoms with E-state index in [0.717, 1.165) is 12.8 Å². The maximum atomic E-state index is 4.13. The van der Waals surface area contributed by atoms with Gasteiger partial charge in [-0.3, -0.25) is 0 Å². The predicted molar refractivity (Wildman–Crippen MR) is 79.1 cm³/mol. The van der Waals surface area contributed by atoms with Crippen molar-refractivity contribution in [1.82, 2.24) is 0 Å². The van der Waals surface area contributed by atoms with E-state index >= 15 is 0 Å². The Bertz CT molecular complexity index is 736. The van der Waals surface area contributed by atoms with Crippen molar-refractivity contribution in [2.45, 2.75) is 19.8 Å². The lowest BCUT2D eigenvalue weighted by molar-refractivity contribution is -0.486. The number of aromatic nitrogens is 1. The van der Waals surface area contributed by atoms with E-state index in [9.17, 15) is 0 Å². The second-order valence-corrected chi connectivity index (χ2v) is 4.92. The summed E-state index contributed by atoms with van der Waals surface area (Å²) in [5.74, 6) is 0. The number of rotatable bonds is 2. The summed E-state index contributed by atoms with van der Waals surface area (Å²) in [6.07, 6.45) is 10.6. The SMILES string of the molecule is C=[n+]1ccc2c(c1-c1ccc(CC)cc1)CC=CC=2. The van der Waals surface area contributed by atoms with Gasteiger partial charge in [0.1, 0.15) is 6.72 Å². The van der Waals surface area contributed by atoms with E-state index in [1.54, 1.807) is 0 Å². The fraction of sp³-hybridized carbons (Fsp3) is 0.167. The standard InChI is InChI=1S/C18H18N/c1-3-14-8-10-16(11-9-14)18-17-7-5-4-6-15(17)12-13-19(18)2/h4-6,8-13H,2-3,7H2,1H3/q+1. The van der Waals surface area contributed by atoms with Gasteiger partial charge in [0, 0.05) is 17.2 Å². The Labute approximate surface area is 113 Å². The molecule has 0 N–H and O–H groups in total. The van der Waals surface area contributed by atoms with Crippen LogP contribution >= 0.6 is 0 Å². The number of aryl methyl sites for hydroxylation is 1. The van der Waals surface area contributed by atoms with Gasteiger partial charge in [-0.2, -0.15) is 4.24 Å². The van der Waals surface area contributed by atoms with Gasteiger partial charge in [0.2, 0.25) is 5.69 Å². The molecule has 3 rings (SSSR count). The van der Waals surface area contributed by atoms with Gasteiger partial charge in [-0.1, -0.05) is 37.3 Å². The van der Waals surface area contributed by atoms with E-state index in [0.29, 0.717) is 0 Å². The van der Waals surface area contributed by atoms with Crippen molar-refractivity contribution in [3.8, 4) is 11.3 Å². The molecular weight excluding hydrogens is 230 g/mol. The molecule has 0 unspecified atom stereocenters. The molecule has 0 aliphatic heterocycles. The Kier molecular flexibility index (Phi) is 3.04. The third-order valence-corrected chi connectivity index (χ3v) is 3.73. The van der Waals surface area contributed by atoms with Gasteiger partial charge in [0.15, 0.2) is 6.20 Å². The summed E-state index contributed by atoms with van der Waals surface area (Å²) in [6.45, 7) is 6.31. The highest BCUT2D eigenvalue weighted by Gasteiger charge is 2.15. The number of allylic oxidation sites excluding steroid dienone is 2. The van der Waals surface area contributed by atoms with Crippen molar-refractivity contribution in [1.29, 1.82) is 0 Å². The number of hydrogen-bond donors (Lipinski definition) is 0. The number of hydrogen-bond acceptors (Lipinski definition) is 0. The molecule has 19 heavy (non-hydrogen) atoms. The zero-order valence-corrected chi connectivity index (χ0v) is 11.3. The molecular formula is C18H18N+. The molecule has 1 aromatic carbocycles. The van der Waals surface area contributed by atoms with Crippen molar-refractivity contribution in [2.75, 3.05) is 0 Å². The van der Waals surface area contributed by atoms with Gasteiger partial charge in [-0.05, 0) is 35.8 Å². The third kappa shape index (κ3) is 2.12. The van der Waals surface area contributed by atoms with Gasteiger partial charge < -0.3 is 0 Å². The summed E-state index contributed by atoms with van der Waals surface area (Å²) in [5, 5.41) is 1.30. The van der Waals surface area contributed by atoms with Crippen molar-refractivity contribution in [2.24, 2.45) is 0 Å². The normalized spacial score (nSPS) is 12.9. The molecule has 0 fully saturated rings. The molecule has 0 spiro atoms. The molecule has 2 aromatic rings. The lowest BCUT2D eigenvalue weighted by atomic mass is 9.97. The zero-order valence-electron chi connectivity index (χ0n) is 11.3. The van der Waals surface area contributed by atoms with Crippen LogP contribution in [0.25, 0.3) is 17.3 Å². The summed E-state index contributed by atoms with van der Waals surface area (Å²) in [5.41, 5.74) is 5.20. The van der Waals surface area contributed by atoms with Crippen LogP contribution in [0.1, 0.15) is 18.1 Å². The van der Waals surface area contributed by atoms with E-state index in [2.05, 4.69) is 62.2 Å². The highest BCUT2D eigenvalue weighted by molar-refractivity contribution is 5.63. The molecule has 0 saturated carbocycles. The van der Waals surface area contributed by atoms with Crippen LogP contribution in [0, 0.1) is 6.72 Å². The minimum Gasteiger partial charge on any atom is -0.173 e. The first kappa shape index (κ1) is 11.9. The lowest BCUT2D eigenvalue weighted by Gasteiger charge is -2.07. The van der Waals surface area contributed by atoms with E-state index in [1.165, 1.54) is 27.6 Å². The summed E-state index contributed by atoms with van der Waals surface area (Å²) >= 11 is 0.